The number of rotatable bonds is 5. The predicted molar refractivity (Wildman–Crippen MR) is 80.7 cm³/mol. The summed E-state index contributed by atoms with van der Waals surface area (Å²) < 4.78 is 11.2. The Kier molecular flexibility index (Phi) is 3.29. The molecule has 5 nitrogen and oxygen atoms in total. The van der Waals surface area contributed by atoms with E-state index in [9.17, 15) is 4.79 Å². The van der Waals surface area contributed by atoms with Crippen LogP contribution in [0.4, 0.5) is 0 Å². The quantitative estimate of drug-likeness (QED) is 0.839. The molecule has 0 saturated heterocycles. The summed E-state index contributed by atoms with van der Waals surface area (Å²) in [5.74, 6) is 1.35. The molecule has 1 spiro atoms. The van der Waals surface area contributed by atoms with Crippen LogP contribution in [0.5, 0.6) is 0 Å². The van der Waals surface area contributed by atoms with Crippen molar-refractivity contribution < 1.29 is 14.1 Å². The largest absolute Gasteiger partial charge is 0.378 e. The van der Waals surface area contributed by atoms with E-state index < -0.39 is 0 Å². The van der Waals surface area contributed by atoms with E-state index in [-0.39, 0.29) is 17.4 Å². The Morgan fingerprint density at radius 2 is 2.27 bits per heavy atom. The summed E-state index contributed by atoms with van der Waals surface area (Å²) in [5.41, 5.74) is 0.655. The van der Waals surface area contributed by atoms with E-state index in [1.807, 2.05) is 24.9 Å². The smallest absolute Gasteiger partial charge is 0.276 e. The average molecular weight is 304 g/mol. The molecule has 1 aromatic heterocycles. The van der Waals surface area contributed by atoms with Crippen LogP contribution in [-0.2, 0) is 4.74 Å². The Morgan fingerprint density at radius 1 is 1.50 bits per heavy atom. The summed E-state index contributed by atoms with van der Waals surface area (Å²) in [5, 5.41) is 3.99. The topological polar surface area (TPSA) is 55.6 Å². The number of carbonyl (C=O) groups excluding carboxylic acids is 1. The Labute approximate surface area is 131 Å². The van der Waals surface area contributed by atoms with Gasteiger partial charge in [-0.15, -0.1) is 0 Å². The number of nitrogens with zero attached hydrogens (tertiary/aromatic N) is 2. The fraction of sp³-hybridized carbons (Fsp3) is 0.765. The third-order valence-electron chi connectivity index (χ3n) is 5.91. The van der Waals surface area contributed by atoms with E-state index >= 15 is 0 Å². The van der Waals surface area contributed by atoms with E-state index in [1.165, 1.54) is 19.3 Å². The molecule has 3 fully saturated rings. The number of hydrogen-bond donors (Lipinski definition) is 0. The van der Waals surface area contributed by atoms with Crippen molar-refractivity contribution in [2.24, 2.45) is 5.41 Å². The lowest BCUT2D eigenvalue weighted by Crippen LogP contribution is -2.67. The van der Waals surface area contributed by atoms with Gasteiger partial charge in [0.05, 0.1) is 6.10 Å². The zero-order chi connectivity index (χ0) is 15.3. The lowest BCUT2D eigenvalue weighted by atomic mass is 9.50. The first-order chi connectivity index (χ1) is 10.7. The summed E-state index contributed by atoms with van der Waals surface area (Å²) in [6.07, 6.45) is 7.17. The molecule has 120 valence electrons. The molecule has 0 aromatic carbocycles. The van der Waals surface area contributed by atoms with Gasteiger partial charge < -0.3 is 14.2 Å². The average Bonchev–Trinajstić information content (AvgIpc) is 3.17. The summed E-state index contributed by atoms with van der Waals surface area (Å²) in [7, 11) is 1.90. The van der Waals surface area contributed by atoms with Gasteiger partial charge in [-0.1, -0.05) is 11.6 Å². The molecular formula is C17H24N2O3. The van der Waals surface area contributed by atoms with Gasteiger partial charge in [-0.3, -0.25) is 4.79 Å². The van der Waals surface area contributed by atoms with Gasteiger partial charge in [0.2, 0.25) is 0 Å². The monoisotopic (exact) mass is 304 g/mol. The second-order valence-electron chi connectivity index (χ2n) is 7.09. The third-order valence-corrected chi connectivity index (χ3v) is 5.91. The highest BCUT2D eigenvalue weighted by Crippen LogP contribution is 2.59. The van der Waals surface area contributed by atoms with Crippen LogP contribution in [0.25, 0.3) is 0 Å². The minimum atomic E-state index is -0.0122. The fourth-order valence-electron chi connectivity index (χ4n) is 4.22. The zero-order valence-electron chi connectivity index (χ0n) is 13.4. The third kappa shape index (κ3) is 2.02. The van der Waals surface area contributed by atoms with Crippen LogP contribution in [0, 0.1) is 5.41 Å². The first-order valence-electron chi connectivity index (χ1n) is 8.51. The standard InChI is InChI=1S/C17H24N2O3/c1-3-21-15-10-14(17(15)7-4-8-17)19(2)16(20)12-9-13(22-18-12)11-5-6-11/h9,11,14-15H,3-8,10H2,1-2H3/t14-,15+/m1/s1. The molecule has 0 bridgehead atoms. The molecule has 0 N–H and O–H groups in total. The lowest BCUT2D eigenvalue weighted by Gasteiger charge is -2.63. The Morgan fingerprint density at radius 3 is 2.86 bits per heavy atom. The second-order valence-corrected chi connectivity index (χ2v) is 7.09. The SMILES string of the molecule is CCO[C@H]1C[C@@H](N(C)C(=O)c2cc(C3CC3)on2)C12CCC2. The van der Waals surface area contributed by atoms with Crippen LogP contribution in [0.3, 0.4) is 0 Å². The molecule has 0 aliphatic heterocycles. The second kappa shape index (κ2) is 5.08. The molecule has 5 heteroatoms. The minimum absolute atomic E-state index is 0.0122. The number of amides is 1. The molecule has 2 atom stereocenters. The summed E-state index contributed by atoms with van der Waals surface area (Å²) in [4.78, 5) is 14.6. The van der Waals surface area contributed by atoms with Gasteiger partial charge in [0.1, 0.15) is 5.76 Å². The fourth-order valence-corrected chi connectivity index (χ4v) is 4.22. The molecule has 1 aromatic rings. The highest BCUT2D eigenvalue weighted by molar-refractivity contribution is 5.92. The van der Waals surface area contributed by atoms with Gasteiger partial charge in [0, 0.05) is 37.1 Å². The molecule has 22 heavy (non-hydrogen) atoms. The first kappa shape index (κ1) is 14.2. The zero-order valence-corrected chi connectivity index (χ0v) is 13.4. The normalized spacial score (nSPS) is 29.0. The molecule has 1 amide bonds. The van der Waals surface area contributed by atoms with E-state index in [2.05, 4.69) is 5.16 Å². The van der Waals surface area contributed by atoms with Gasteiger partial charge >= 0.3 is 0 Å². The summed E-state index contributed by atoms with van der Waals surface area (Å²) in [6.45, 7) is 2.80. The van der Waals surface area contributed by atoms with Crippen molar-refractivity contribution in [1.82, 2.24) is 10.1 Å². The molecule has 1 heterocycles. The maximum atomic E-state index is 12.7. The molecule has 4 rings (SSSR count). The lowest BCUT2D eigenvalue weighted by molar-refractivity contribution is -0.192. The summed E-state index contributed by atoms with van der Waals surface area (Å²) >= 11 is 0. The first-order valence-corrected chi connectivity index (χ1v) is 8.51. The van der Waals surface area contributed by atoms with Crippen molar-refractivity contribution in [3.05, 3.63) is 17.5 Å². The van der Waals surface area contributed by atoms with E-state index in [0.717, 1.165) is 31.6 Å². The van der Waals surface area contributed by atoms with Gasteiger partial charge in [0.15, 0.2) is 5.69 Å². The van der Waals surface area contributed by atoms with Crippen LogP contribution in [0.1, 0.15) is 67.6 Å². The van der Waals surface area contributed by atoms with Crippen LogP contribution in [-0.4, -0.2) is 41.8 Å². The van der Waals surface area contributed by atoms with E-state index in [0.29, 0.717) is 17.7 Å². The number of aromatic nitrogens is 1. The van der Waals surface area contributed by atoms with Crippen molar-refractivity contribution in [2.45, 2.75) is 63.5 Å². The molecule has 3 saturated carbocycles. The number of hydrogen-bond acceptors (Lipinski definition) is 4. The van der Waals surface area contributed by atoms with Gasteiger partial charge in [-0.25, -0.2) is 0 Å². The highest BCUT2D eigenvalue weighted by Gasteiger charge is 2.61. The Bertz CT molecular complexity index is 574. The van der Waals surface area contributed by atoms with Crippen molar-refractivity contribution in [2.75, 3.05) is 13.7 Å². The van der Waals surface area contributed by atoms with E-state index in [4.69, 9.17) is 9.26 Å². The van der Waals surface area contributed by atoms with Crippen molar-refractivity contribution in [1.29, 1.82) is 0 Å². The van der Waals surface area contributed by atoms with Crippen LogP contribution in [0.15, 0.2) is 10.6 Å². The minimum Gasteiger partial charge on any atom is -0.378 e. The van der Waals surface area contributed by atoms with E-state index in [1.54, 1.807) is 0 Å². The molecule has 0 unspecified atom stereocenters. The van der Waals surface area contributed by atoms with Crippen LogP contribution >= 0.6 is 0 Å². The molecular weight excluding hydrogens is 280 g/mol. The van der Waals surface area contributed by atoms with Crippen molar-refractivity contribution in [3.63, 3.8) is 0 Å². The highest BCUT2D eigenvalue weighted by atomic mass is 16.5. The molecule has 0 radical (unpaired) electrons. The van der Waals surface area contributed by atoms with Crippen LogP contribution < -0.4 is 0 Å². The number of carbonyl (C=O) groups is 1. The van der Waals surface area contributed by atoms with Crippen molar-refractivity contribution >= 4 is 5.91 Å². The van der Waals surface area contributed by atoms with Gasteiger partial charge in [-0.2, -0.15) is 0 Å². The maximum absolute atomic E-state index is 12.7. The van der Waals surface area contributed by atoms with Gasteiger partial charge in [-0.05, 0) is 39.0 Å². The van der Waals surface area contributed by atoms with Crippen molar-refractivity contribution in [3.8, 4) is 0 Å². The molecule has 3 aliphatic carbocycles. The molecule has 3 aliphatic rings. The summed E-state index contributed by atoms with van der Waals surface area (Å²) in [6, 6.07) is 2.12. The van der Waals surface area contributed by atoms with Gasteiger partial charge in [0.25, 0.3) is 5.91 Å². The Hall–Kier alpha value is -1.36. The Balaban J connectivity index is 1.46. The predicted octanol–water partition coefficient (Wildman–Crippen LogP) is 2.97. The number of ether oxygens (including phenoxy) is 1. The maximum Gasteiger partial charge on any atom is 0.276 e. The van der Waals surface area contributed by atoms with Crippen LogP contribution in [0.2, 0.25) is 0 Å².